The van der Waals surface area contributed by atoms with Gasteiger partial charge in [-0.25, -0.2) is 10.2 Å². The molecule has 0 fully saturated rings. The summed E-state index contributed by atoms with van der Waals surface area (Å²) in [7, 11) is 1.27. The van der Waals surface area contributed by atoms with Crippen LogP contribution in [0.2, 0.25) is 0 Å². The number of hydrazone groups is 1. The van der Waals surface area contributed by atoms with Crippen molar-refractivity contribution in [3.05, 3.63) is 77.9 Å². The van der Waals surface area contributed by atoms with Gasteiger partial charge in [0.05, 0.1) is 12.8 Å². The van der Waals surface area contributed by atoms with Crippen molar-refractivity contribution in [2.75, 3.05) is 7.11 Å². The Morgan fingerprint density at radius 3 is 2.38 bits per heavy atom. The van der Waals surface area contributed by atoms with E-state index < -0.39 is 11.7 Å². The summed E-state index contributed by atoms with van der Waals surface area (Å²) in [5.41, 5.74) is 4.13. The zero-order chi connectivity index (χ0) is 17.0. The van der Waals surface area contributed by atoms with Crippen LogP contribution >= 0.6 is 0 Å². The lowest BCUT2D eigenvalue weighted by Gasteiger charge is -2.27. The van der Waals surface area contributed by atoms with E-state index >= 15 is 0 Å². The smallest absolute Gasteiger partial charge is 0.427 e. The Kier molecular flexibility index (Phi) is 4.44. The third-order valence-corrected chi connectivity index (χ3v) is 4.01. The van der Waals surface area contributed by atoms with Crippen molar-refractivity contribution in [1.29, 1.82) is 0 Å². The van der Waals surface area contributed by atoms with Gasteiger partial charge in [0.2, 0.25) is 0 Å². The van der Waals surface area contributed by atoms with E-state index in [1.165, 1.54) is 7.11 Å². The van der Waals surface area contributed by atoms with Gasteiger partial charge in [0.15, 0.2) is 0 Å². The lowest BCUT2D eigenvalue weighted by Crippen LogP contribution is -2.26. The van der Waals surface area contributed by atoms with Crippen molar-refractivity contribution in [3.8, 4) is 0 Å². The molecule has 0 saturated heterocycles. The molecule has 0 bridgehead atoms. The molecule has 3 rings (SSSR count). The van der Waals surface area contributed by atoms with E-state index in [0.29, 0.717) is 5.71 Å². The van der Waals surface area contributed by atoms with Gasteiger partial charge in [-0.1, -0.05) is 60.7 Å². The first-order chi connectivity index (χ1) is 11.6. The third kappa shape index (κ3) is 3.07. The summed E-state index contributed by atoms with van der Waals surface area (Å²) >= 11 is 0. The van der Waals surface area contributed by atoms with Gasteiger partial charge in [-0.3, -0.25) is 0 Å². The largest absolute Gasteiger partial charge is 0.452 e. The normalized spacial score (nSPS) is 21.4. The minimum absolute atomic E-state index is 0.269. The number of nitrogens with zero attached hydrogens (tertiary/aromatic N) is 1. The maximum atomic E-state index is 11.4. The summed E-state index contributed by atoms with van der Waals surface area (Å²) in [6.07, 6.45) is 1.43. The van der Waals surface area contributed by atoms with Crippen molar-refractivity contribution < 1.29 is 14.6 Å². The average Bonchev–Trinajstić information content (AvgIpc) is 2.99. The summed E-state index contributed by atoms with van der Waals surface area (Å²) in [6, 6.07) is 19.1. The zero-order valence-corrected chi connectivity index (χ0v) is 13.3. The fraction of sp³-hybridized carbons (Fsp3) is 0.158. The molecule has 2 aromatic rings. The van der Waals surface area contributed by atoms with E-state index in [4.69, 9.17) is 0 Å². The molecule has 1 aliphatic rings. The van der Waals surface area contributed by atoms with Gasteiger partial charge in [-0.05, 0) is 22.8 Å². The predicted molar refractivity (Wildman–Crippen MR) is 92.4 cm³/mol. The summed E-state index contributed by atoms with van der Waals surface area (Å²) in [5, 5.41) is 15.4. The molecule has 0 aliphatic heterocycles. The van der Waals surface area contributed by atoms with Crippen LogP contribution in [0.15, 0.2) is 71.8 Å². The first kappa shape index (κ1) is 16.0. The molecule has 0 aromatic heterocycles. The number of allylic oxidation sites excluding steroid dienone is 1. The van der Waals surface area contributed by atoms with Crippen molar-refractivity contribution in [3.63, 3.8) is 0 Å². The average molecular weight is 322 g/mol. The molecule has 1 unspecified atom stereocenters. The number of carbonyl (C=O) groups is 1. The molecule has 0 heterocycles. The fourth-order valence-corrected chi connectivity index (χ4v) is 2.84. The van der Waals surface area contributed by atoms with Gasteiger partial charge < -0.3 is 9.84 Å². The lowest BCUT2D eigenvalue weighted by molar-refractivity contribution is 0.112. The maximum Gasteiger partial charge on any atom is 0.427 e. The van der Waals surface area contributed by atoms with Crippen molar-refractivity contribution >= 4 is 17.4 Å². The molecule has 122 valence electrons. The summed E-state index contributed by atoms with van der Waals surface area (Å²) in [6.45, 7) is 0. The Hall–Kier alpha value is -2.92. The van der Waals surface area contributed by atoms with Crippen LogP contribution in [0, 0.1) is 0 Å². The van der Waals surface area contributed by atoms with Crippen LogP contribution in [0.4, 0.5) is 4.79 Å². The van der Waals surface area contributed by atoms with E-state index in [2.05, 4.69) is 15.3 Å². The van der Waals surface area contributed by atoms with Crippen molar-refractivity contribution in [2.24, 2.45) is 5.10 Å². The Balaban J connectivity index is 2.02. The molecule has 1 atom stereocenters. The first-order valence-electron chi connectivity index (χ1n) is 7.59. The third-order valence-electron chi connectivity index (χ3n) is 4.01. The quantitative estimate of drug-likeness (QED) is 0.853. The molecule has 2 aromatic carbocycles. The predicted octanol–water partition coefficient (Wildman–Crippen LogP) is 3.07. The molecular weight excluding hydrogens is 304 g/mol. The second-order valence-electron chi connectivity index (χ2n) is 5.53. The number of hydrogen-bond acceptors (Lipinski definition) is 4. The number of rotatable bonds is 3. The monoisotopic (exact) mass is 322 g/mol. The highest BCUT2D eigenvalue weighted by Crippen LogP contribution is 2.43. The van der Waals surface area contributed by atoms with Crippen molar-refractivity contribution in [2.45, 2.75) is 12.0 Å². The Morgan fingerprint density at radius 2 is 1.75 bits per heavy atom. The molecule has 0 saturated carbocycles. The summed E-state index contributed by atoms with van der Waals surface area (Å²) in [4.78, 5) is 11.2. The standard InChI is InChI=1S/C19H18N2O3/c1-24-18(22)21-20-16-12-17(14-8-4-2-5-9-14)19(23,13-16)15-10-6-3-7-11-15/h2-12,23H,13H2,1H3,(H,21,22)/b20-16+. The molecule has 0 spiro atoms. The van der Waals surface area contributed by atoms with Crippen molar-refractivity contribution in [1.82, 2.24) is 5.43 Å². The molecule has 0 radical (unpaired) electrons. The number of amides is 1. The Labute approximate surface area is 140 Å². The second-order valence-corrected chi connectivity index (χ2v) is 5.53. The van der Waals surface area contributed by atoms with E-state index in [9.17, 15) is 9.90 Å². The molecule has 24 heavy (non-hydrogen) atoms. The molecule has 1 amide bonds. The van der Waals surface area contributed by atoms with Crippen LogP contribution in [0.25, 0.3) is 5.57 Å². The van der Waals surface area contributed by atoms with E-state index in [1.807, 2.05) is 60.7 Å². The Bertz CT molecular complexity index is 785. The minimum Gasteiger partial charge on any atom is -0.452 e. The van der Waals surface area contributed by atoms with Crippen LogP contribution in [-0.4, -0.2) is 24.0 Å². The van der Waals surface area contributed by atoms with E-state index in [1.54, 1.807) is 6.08 Å². The molecule has 5 heteroatoms. The number of methoxy groups -OCH3 is 1. The molecule has 2 N–H and O–H groups in total. The highest BCUT2D eigenvalue weighted by molar-refractivity contribution is 6.08. The van der Waals surface area contributed by atoms with Gasteiger partial charge in [-0.2, -0.15) is 5.10 Å². The van der Waals surface area contributed by atoms with Crippen LogP contribution in [0.1, 0.15) is 17.5 Å². The van der Waals surface area contributed by atoms with Gasteiger partial charge in [0.1, 0.15) is 5.60 Å². The zero-order valence-electron chi connectivity index (χ0n) is 13.3. The van der Waals surface area contributed by atoms with Gasteiger partial charge in [0.25, 0.3) is 0 Å². The van der Waals surface area contributed by atoms with E-state index in [-0.39, 0.29) is 6.42 Å². The molecule has 5 nitrogen and oxygen atoms in total. The summed E-state index contributed by atoms with van der Waals surface area (Å²) < 4.78 is 4.52. The Morgan fingerprint density at radius 1 is 1.12 bits per heavy atom. The second kappa shape index (κ2) is 6.68. The number of nitrogens with one attached hydrogen (secondary N) is 1. The van der Waals surface area contributed by atoms with Crippen LogP contribution in [0.3, 0.4) is 0 Å². The highest BCUT2D eigenvalue weighted by atomic mass is 16.5. The minimum atomic E-state index is -1.20. The van der Waals surface area contributed by atoms with Gasteiger partial charge in [-0.15, -0.1) is 0 Å². The topological polar surface area (TPSA) is 70.9 Å². The fourth-order valence-electron chi connectivity index (χ4n) is 2.84. The SMILES string of the molecule is COC(=O)N/N=C1\C=C(c2ccccc2)C(O)(c2ccccc2)C1. The highest BCUT2D eigenvalue weighted by Gasteiger charge is 2.40. The van der Waals surface area contributed by atoms with E-state index in [0.717, 1.165) is 16.7 Å². The molecular formula is C19H18N2O3. The van der Waals surface area contributed by atoms with Crippen LogP contribution in [-0.2, 0) is 10.3 Å². The maximum absolute atomic E-state index is 11.4. The molecule has 1 aliphatic carbocycles. The van der Waals surface area contributed by atoms with Crippen LogP contribution < -0.4 is 5.43 Å². The van der Waals surface area contributed by atoms with Crippen LogP contribution in [0.5, 0.6) is 0 Å². The number of hydrogen-bond donors (Lipinski definition) is 2. The number of ether oxygens (including phenoxy) is 1. The van der Waals surface area contributed by atoms with Gasteiger partial charge >= 0.3 is 6.09 Å². The lowest BCUT2D eigenvalue weighted by atomic mass is 9.84. The summed E-state index contributed by atoms with van der Waals surface area (Å²) in [5.74, 6) is 0. The first-order valence-corrected chi connectivity index (χ1v) is 7.59. The number of carbonyl (C=O) groups excluding carboxylic acids is 1. The number of benzene rings is 2. The van der Waals surface area contributed by atoms with Gasteiger partial charge in [0, 0.05) is 6.42 Å². The number of aliphatic hydroxyl groups is 1.